The monoisotopic (exact) mass is 562 g/mol. The molecule has 1 aliphatic carbocycles. The Morgan fingerprint density at radius 2 is 1.95 bits per heavy atom. The van der Waals surface area contributed by atoms with Gasteiger partial charge in [-0.3, -0.25) is 14.4 Å². The van der Waals surface area contributed by atoms with Crippen molar-refractivity contribution in [3.63, 3.8) is 0 Å². The van der Waals surface area contributed by atoms with Gasteiger partial charge in [-0.05, 0) is 43.2 Å². The van der Waals surface area contributed by atoms with Crippen molar-refractivity contribution in [2.45, 2.75) is 77.6 Å². The van der Waals surface area contributed by atoms with Crippen LogP contribution in [0.2, 0.25) is 0 Å². The number of aliphatic hydroxyl groups excluding tert-OH is 1. The molecule has 11 heteroatoms. The third-order valence-corrected chi connectivity index (χ3v) is 9.12. The molecule has 3 heterocycles. The second-order valence-corrected chi connectivity index (χ2v) is 13.1. The predicted octanol–water partition coefficient (Wildman–Crippen LogP) is 2.66. The summed E-state index contributed by atoms with van der Waals surface area (Å²) in [5, 5.41) is 25.7. The van der Waals surface area contributed by atoms with Gasteiger partial charge in [-0.25, -0.2) is 9.98 Å². The van der Waals surface area contributed by atoms with Gasteiger partial charge in [-0.2, -0.15) is 5.26 Å². The number of rotatable bonds is 6. The molecule has 10 nitrogen and oxygen atoms in total. The van der Waals surface area contributed by atoms with Gasteiger partial charge in [-0.15, -0.1) is 11.3 Å². The highest BCUT2D eigenvalue weighted by molar-refractivity contribution is 7.13. The highest BCUT2D eigenvalue weighted by Crippen LogP contribution is 2.45. The molecule has 2 aliphatic heterocycles. The fourth-order valence-corrected chi connectivity index (χ4v) is 6.16. The number of carbonyl (C=O) groups excluding carboxylic acids is 3. The number of aliphatic hydroxyl groups is 1. The maximum Gasteiger partial charge on any atom is 0.257 e. The average molecular weight is 563 g/mol. The molecule has 2 aromatic rings. The smallest absolute Gasteiger partial charge is 0.257 e. The Hall–Kier alpha value is -3.62. The number of carbonyl (C=O) groups is 3. The lowest BCUT2D eigenvalue weighted by Gasteiger charge is -2.36. The van der Waals surface area contributed by atoms with Gasteiger partial charge >= 0.3 is 0 Å². The highest BCUT2D eigenvalue weighted by Gasteiger charge is 2.53. The molecule has 5 rings (SSSR count). The number of aromatic nitrogens is 1. The number of nitrogens with one attached hydrogen (secondary N) is 2. The minimum absolute atomic E-state index is 0.0455. The molecule has 3 aliphatic rings. The summed E-state index contributed by atoms with van der Waals surface area (Å²) < 4.78 is 0. The van der Waals surface area contributed by atoms with E-state index in [-0.39, 0.29) is 24.8 Å². The number of amides is 3. The van der Waals surface area contributed by atoms with Crippen LogP contribution in [0.1, 0.15) is 58.2 Å². The third kappa shape index (κ3) is 4.80. The number of aryl methyl sites for hydroxylation is 1. The Labute approximate surface area is 237 Å². The largest absolute Gasteiger partial charge is 0.391 e. The summed E-state index contributed by atoms with van der Waals surface area (Å²) in [6.07, 6.45) is 0.333. The van der Waals surface area contributed by atoms with E-state index in [1.165, 1.54) is 4.90 Å². The van der Waals surface area contributed by atoms with Crippen molar-refractivity contribution in [3.05, 3.63) is 41.0 Å². The number of nitrogens with zero attached hydrogens (tertiary/aromatic N) is 4. The van der Waals surface area contributed by atoms with Crippen LogP contribution in [0, 0.1) is 29.1 Å². The SMILES string of the molecule is Cc1ncsc1-c1ccc([C@]2(C)N=C(C3C[C@@H](O)CN3C(=O)C(NC(=O)C3(C#N)CC3)C(C)(C)C)NC2=O)cc1. The van der Waals surface area contributed by atoms with Gasteiger partial charge in [0.15, 0.2) is 5.54 Å². The van der Waals surface area contributed by atoms with Gasteiger partial charge in [0, 0.05) is 13.0 Å². The van der Waals surface area contributed by atoms with E-state index in [9.17, 15) is 24.8 Å². The van der Waals surface area contributed by atoms with Crippen LogP contribution in [0.4, 0.5) is 0 Å². The Morgan fingerprint density at radius 1 is 1.27 bits per heavy atom. The number of amidine groups is 1. The first kappa shape index (κ1) is 27.9. The fraction of sp³-hybridized carbons (Fsp3) is 0.517. The molecule has 0 radical (unpaired) electrons. The second kappa shape index (κ2) is 9.78. The quantitative estimate of drug-likeness (QED) is 0.493. The minimum Gasteiger partial charge on any atom is -0.391 e. The lowest BCUT2D eigenvalue weighted by Crippen LogP contribution is -2.58. The Balaban J connectivity index is 1.41. The van der Waals surface area contributed by atoms with Crippen LogP contribution in [-0.2, 0) is 19.9 Å². The van der Waals surface area contributed by atoms with Crippen molar-refractivity contribution in [2.75, 3.05) is 6.54 Å². The van der Waals surface area contributed by atoms with Crippen molar-refractivity contribution in [3.8, 4) is 16.5 Å². The lowest BCUT2D eigenvalue weighted by atomic mass is 9.85. The molecule has 2 unspecified atom stereocenters. The predicted molar refractivity (Wildman–Crippen MR) is 150 cm³/mol. The third-order valence-electron chi connectivity index (χ3n) is 8.15. The summed E-state index contributed by atoms with van der Waals surface area (Å²) in [7, 11) is 0. The molecule has 1 aromatic carbocycles. The standard InChI is InChI=1S/C29H34N6O4S/c1-16-21(40-15-31-16)17-6-8-18(9-7-17)28(5)25(38)33-23(34-28)20-12-19(36)13-35(20)24(37)22(27(2,3)4)32-26(39)29(14-30)10-11-29/h6-9,15,19-20,22,36H,10-13H2,1-5H3,(H,32,39)(H,33,34,38)/t19-,20?,22?,28+/m1/s1. The van der Waals surface area contributed by atoms with Crippen molar-refractivity contribution in [1.29, 1.82) is 5.26 Å². The fourth-order valence-electron chi connectivity index (χ4n) is 5.35. The van der Waals surface area contributed by atoms with Crippen molar-refractivity contribution < 1.29 is 19.5 Å². The van der Waals surface area contributed by atoms with Crippen LogP contribution >= 0.6 is 11.3 Å². The normalized spacial score (nSPS) is 26.1. The van der Waals surface area contributed by atoms with Gasteiger partial charge in [0.05, 0.1) is 34.3 Å². The number of thiazole rings is 1. The molecule has 3 amide bonds. The van der Waals surface area contributed by atoms with E-state index in [0.717, 1.165) is 16.1 Å². The first-order valence-corrected chi connectivity index (χ1v) is 14.3. The number of aliphatic imine (C=N–C) groups is 1. The molecule has 1 saturated carbocycles. The van der Waals surface area contributed by atoms with Crippen LogP contribution in [-0.4, -0.2) is 63.3 Å². The number of benzene rings is 1. The molecule has 40 heavy (non-hydrogen) atoms. The van der Waals surface area contributed by atoms with E-state index < -0.39 is 40.5 Å². The molecule has 1 saturated heterocycles. The number of nitriles is 1. The van der Waals surface area contributed by atoms with Gasteiger partial charge < -0.3 is 20.6 Å². The van der Waals surface area contributed by atoms with Crippen LogP contribution in [0.25, 0.3) is 10.4 Å². The van der Waals surface area contributed by atoms with Crippen LogP contribution in [0.5, 0.6) is 0 Å². The number of β-amino-alcohol motifs (C(OH)–C–C–N with tert-alkyl or cyclic N) is 1. The highest BCUT2D eigenvalue weighted by atomic mass is 32.1. The Morgan fingerprint density at radius 3 is 2.50 bits per heavy atom. The van der Waals surface area contributed by atoms with Crippen LogP contribution < -0.4 is 10.6 Å². The molecule has 0 bridgehead atoms. The van der Waals surface area contributed by atoms with Gasteiger partial charge in [0.25, 0.3) is 5.91 Å². The lowest BCUT2D eigenvalue weighted by molar-refractivity contribution is -0.140. The van der Waals surface area contributed by atoms with E-state index >= 15 is 0 Å². The van der Waals surface area contributed by atoms with E-state index in [1.54, 1.807) is 23.8 Å². The minimum atomic E-state index is -1.21. The molecule has 4 atom stereocenters. The van der Waals surface area contributed by atoms with Gasteiger partial charge in [0.1, 0.15) is 17.3 Å². The zero-order valence-corrected chi connectivity index (χ0v) is 24.1. The summed E-state index contributed by atoms with van der Waals surface area (Å²) in [4.78, 5) is 51.8. The maximum absolute atomic E-state index is 13.9. The van der Waals surface area contributed by atoms with Crippen LogP contribution in [0.3, 0.4) is 0 Å². The van der Waals surface area contributed by atoms with E-state index in [2.05, 4.69) is 21.7 Å². The Bertz CT molecular complexity index is 1430. The molecule has 0 spiro atoms. The summed E-state index contributed by atoms with van der Waals surface area (Å²) in [6, 6.07) is 8.13. The zero-order chi connectivity index (χ0) is 29.0. The summed E-state index contributed by atoms with van der Waals surface area (Å²) in [6.45, 7) is 9.25. The summed E-state index contributed by atoms with van der Waals surface area (Å²) in [5.74, 6) is -0.834. The van der Waals surface area contributed by atoms with Crippen molar-refractivity contribution in [2.24, 2.45) is 15.8 Å². The number of hydrogen-bond acceptors (Lipinski definition) is 8. The zero-order valence-electron chi connectivity index (χ0n) is 23.3. The molecule has 210 valence electrons. The summed E-state index contributed by atoms with van der Waals surface area (Å²) >= 11 is 1.55. The van der Waals surface area contributed by atoms with E-state index in [1.807, 2.05) is 52.0 Å². The molecule has 2 fully saturated rings. The molecule has 3 N–H and O–H groups in total. The van der Waals surface area contributed by atoms with Crippen LogP contribution in [0.15, 0.2) is 34.8 Å². The first-order valence-electron chi connectivity index (χ1n) is 13.4. The van der Waals surface area contributed by atoms with Crippen molar-refractivity contribution in [1.82, 2.24) is 20.5 Å². The maximum atomic E-state index is 13.9. The van der Waals surface area contributed by atoms with Crippen molar-refractivity contribution >= 4 is 34.9 Å². The van der Waals surface area contributed by atoms with E-state index in [4.69, 9.17) is 4.99 Å². The number of likely N-dealkylation sites (tertiary alicyclic amines) is 1. The van der Waals surface area contributed by atoms with Gasteiger partial charge in [0.2, 0.25) is 11.8 Å². The summed E-state index contributed by atoms with van der Waals surface area (Å²) in [5.41, 5.74) is 1.50. The molecular formula is C29H34N6O4S. The second-order valence-electron chi connectivity index (χ2n) is 12.2. The Kier molecular flexibility index (Phi) is 6.83. The van der Waals surface area contributed by atoms with Gasteiger partial charge in [-0.1, -0.05) is 45.0 Å². The molecular weight excluding hydrogens is 528 g/mol. The average Bonchev–Trinajstić information content (AvgIpc) is 3.28. The topological polar surface area (TPSA) is 148 Å². The van der Waals surface area contributed by atoms with E-state index in [0.29, 0.717) is 24.2 Å². The number of hydrogen-bond donors (Lipinski definition) is 3. The first-order chi connectivity index (χ1) is 18.8. The molecule has 1 aromatic heterocycles.